The van der Waals surface area contributed by atoms with Gasteiger partial charge in [0.25, 0.3) is 10.0 Å². The van der Waals surface area contributed by atoms with Crippen molar-refractivity contribution in [2.45, 2.75) is 44.4 Å². The number of carboxylic acid groups (broad SMARTS) is 1. The lowest BCUT2D eigenvalue weighted by Gasteiger charge is -2.10. The number of ether oxygens (including phenoxy) is 2. The molecule has 0 radical (unpaired) electrons. The summed E-state index contributed by atoms with van der Waals surface area (Å²) in [5.41, 5.74) is 1.11. The molecule has 7 nitrogen and oxygen atoms in total. The maximum absolute atomic E-state index is 13.4. The molecule has 0 aliphatic rings. The monoisotopic (exact) mass is 445 g/mol. The molecule has 0 bridgehead atoms. The standard InChI is InChI=1S/C23H27NO6S/c1-3-5-14-30-18-7-10-20(11-8-18)31(27,28)24-16-17(6-13-23(25)26)21-12-9-19(29-4-2)15-22(21)24/h7-12,15-16H,3-6,13-14H2,1-2H3,(H,25,26). The van der Waals surface area contributed by atoms with Crippen molar-refractivity contribution < 1.29 is 27.8 Å². The molecular weight excluding hydrogens is 418 g/mol. The Morgan fingerprint density at radius 1 is 1.03 bits per heavy atom. The van der Waals surface area contributed by atoms with Crippen LogP contribution in [0.4, 0.5) is 0 Å². The highest BCUT2D eigenvalue weighted by Crippen LogP contribution is 2.30. The van der Waals surface area contributed by atoms with Crippen molar-refractivity contribution in [3.8, 4) is 11.5 Å². The molecule has 3 rings (SSSR count). The molecule has 0 unspecified atom stereocenters. The second-order valence-electron chi connectivity index (χ2n) is 7.13. The number of hydrogen-bond donors (Lipinski definition) is 1. The molecule has 0 spiro atoms. The van der Waals surface area contributed by atoms with Crippen LogP contribution in [0.5, 0.6) is 11.5 Å². The van der Waals surface area contributed by atoms with Crippen LogP contribution in [-0.2, 0) is 21.2 Å². The van der Waals surface area contributed by atoms with E-state index in [0.717, 1.165) is 12.8 Å². The maximum Gasteiger partial charge on any atom is 0.303 e. The van der Waals surface area contributed by atoms with Crippen LogP contribution in [0.3, 0.4) is 0 Å². The number of carbonyl (C=O) groups is 1. The highest BCUT2D eigenvalue weighted by Gasteiger charge is 2.22. The number of fused-ring (bicyclic) bond motifs is 1. The number of aromatic nitrogens is 1. The largest absolute Gasteiger partial charge is 0.494 e. The summed E-state index contributed by atoms with van der Waals surface area (Å²) in [6.07, 6.45) is 3.59. The Morgan fingerprint density at radius 2 is 1.74 bits per heavy atom. The fourth-order valence-corrected chi connectivity index (χ4v) is 4.68. The summed E-state index contributed by atoms with van der Waals surface area (Å²) in [6, 6.07) is 11.5. The summed E-state index contributed by atoms with van der Waals surface area (Å²) < 4.78 is 39.2. The first-order chi connectivity index (χ1) is 14.9. The van der Waals surface area contributed by atoms with Gasteiger partial charge in [-0.2, -0.15) is 0 Å². The van der Waals surface area contributed by atoms with E-state index in [0.29, 0.717) is 41.2 Å². The van der Waals surface area contributed by atoms with Gasteiger partial charge in [0.15, 0.2) is 0 Å². The number of nitrogens with zero attached hydrogens (tertiary/aromatic N) is 1. The minimum absolute atomic E-state index is 0.0871. The molecule has 0 amide bonds. The van der Waals surface area contributed by atoms with Crippen LogP contribution in [0.25, 0.3) is 10.9 Å². The zero-order valence-corrected chi connectivity index (χ0v) is 18.5. The molecule has 1 aromatic heterocycles. The molecule has 3 aromatic rings. The molecular formula is C23H27NO6S. The first kappa shape index (κ1) is 22.7. The van der Waals surface area contributed by atoms with E-state index >= 15 is 0 Å². The van der Waals surface area contributed by atoms with Gasteiger partial charge in [0, 0.05) is 24.1 Å². The molecule has 0 atom stereocenters. The minimum atomic E-state index is -3.90. The van der Waals surface area contributed by atoms with Crippen LogP contribution < -0.4 is 9.47 Å². The highest BCUT2D eigenvalue weighted by atomic mass is 32.2. The molecule has 0 fully saturated rings. The van der Waals surface area contributed by atoms with Gasteiger partial charge < -0.3 is 14.6 Å². The summed E-state index contributed by atoms with van der Waals surface area (Å²) in [7, 11) is -3.90. The number of rotatable bonds is 11. The van der Waals surface area contributed by atoms with Crippen molar-refractivity contribution in [2.24, 2.45) is 0 Å². The fourth-order valence-electron chi connectivity index (χ4n) is 3.30. The van der Waals surface area contributed by atoms with Crippen LogP contribution in [0.1, 0.15) is 38.7 Å². The predicted molar refractivity (Wildman–Crippen MR) is 118 cm³/mol. The normalized spacial score (nSPS) is 11.5. The van der Waals surface area contributed by atoms with Crippen LogP contribution >= 0.6 is 0 Å². The summed E-state index contributed by atoms with van der Waals surface area (Å²) in [4.78, 5) is 11.2. The van der Waals surface area contributed by atoms with Crippen molar-refractivity contribution >= 4 is 26.9 Å². The number of aliphatic carboxylic acids is 1. The Morgan fingerprint density at radius 3 is 2.39 bits per heavy atom. The lowest BCUT2D eigenvalue weighted by molar-refractivity contribution is -0.136. The molecule has 1 heterocycles. The van der Waals surface area contributed by atoms with Gasteiger partial charge in [-0.05, 0) is 61.7 Å². The Hall–Kier alpha value is -3.00. The smallest absolute Gasteiger partial charge is 0.303 e. The molecule has 2 aromatic carbocycles. The lowest BCUT2D eigenvalue weighted by Crippen LogP contribution is -2.12. The van der Waals surface area contributed by atoms with Gasteiger partial charge in [-0.25, -0.2) is 12.4 Å². The number of unbranched alkanes of at least 4 members (excludes halogenated alkanes) is 1. The van der Waals surface area contributed by atoms with E-state index in [2.05, 4.69) is 6.92 Å². The van der Waals surface area contributed by atoms with Crippen LogP contribution in [0.15, 0.2) is 53.6 Å². The van der Waals surface area contributed by atoms with Crippen molar-refractivity contribution in [1.29, 1.82) is 0 Å². The number of hydrogen-bond acceptors (Lipinski definition) is 5. The minimum Gasteiger partial charge on any atom is -0.494 e. The molecule has 8 heteroatoms. The Bertz CT molecular complexity index is 1150. The van der Waals surface area contributed by atoms with Crippen LogP contribution in [0, 0.1) is 0 Å². The second kappa shape index (κ2) is 9.87. The summed E-state index contributed by atoms with van der Waals surface area (Å²) in [5, 5.41) is 9.74. The molecule has 0 aliphatic carbocycles. The quantitative estimate of drug-likeness (QED) is 0.438. The third kappa shape index (κ3) is 5.19. The molecule has 31 heavy (non-hydrogen) atoms. The van der Waals surface area contributed by atoms with Crippen molar-refractivity contribution in [1.82, 2.24) is 3.97 Å². The van der Waals surface area contributed by atoms with E-state index in [1.165, 1.54) is 22.3 Å². The van der Waals surface area contributed by atoms with Crippen molar-refractivity contribution in [2.75, 3.05) is 13.2 Å². The van der Waals surface area contributed by atoms with Gasteiger partial charge in [0.2, 0.25) is 0 Å². The van der Waals surface area contributed by atoms with Crippen molar-refractivity contribution in [3.05, 3.63) is 54.2 Å². The topological polar surface area (TPSA) is 94.8 Å². The second-order valence-corrected chi connectivity index (χ2v) is 8.95. The van der Waals surface area contributed by atoms with E-state index < -0.39 is 16.0 Å². The van der Waals surface area contributed by atoms with E-state index in [1.54, 1.807) is 30.3 Å². The number of aryl methyl sites for hydroxylation is 1. The van der Waals surface area contributed by atoms with E-state index in [-0.39, 0.29) is 17.7 Å². The van der Waals surface area contributed by atoms with Crippen molar-refractivity contribution in [3.63, 3.8) is 0 Å². The summed E-state index contributed by atoms with van der Waals surface area (Å²) in [6.45, 7) is 4.95. The zero-order valence-electron chi connectivity index (χ0n) is 17.7. The third-order valence-corrected chi connectivity index (χ3v) is 6.58. The van der Waals surface area contributed by atoms with Gasteiger partial charge in [-0.15, -0.1) is 0 Å². The third-order valence-electron chi connectivity index (χ3n) is 4.89. The molecule has 0 saturated carbocycles. The SMILES string of the molecule is CCCCOc1ccc(S(=O)(=O)n2cc(CCC(=O)O)c3ccc(OCC)cc32)cc1. The molecule has 0 saturated heterocycles. The zero-order chi connectivity index (χ0) is 22.4. The highest BCUT2D eigenvalue weighted by molar-refractivity contribution is 7.90. The predicted octanol–water partition coefficient (Wildman–Crippen LogP) is 4.47. The lowest BCUT2D eigenvalue weighted by atomic mass is 10.1. The van der Waals surface area contributed by atoms with Gasteiger partial charge in [-0.3, -0.25) is 4.79 Å². The molecule has 1 N–H and O–H groups in total. The Balaban J connectivity index is 2.02. The number of carboxylic acids is 1. The average Bonchev–Trinajstić information content (AvgIpc) is 3.12. The van der Waals surface area contributed by atoms with E-state index in [4.69, 9.17) is 14.6 Å². The van der Waals surface area contributed by atoms with Crippen LogP contribution in [0.2, 0.25) is 0 Å². The van der Waals surface area contributed by atoms with E-state index in [1.807, 2.05) is 6.92 Å². The first-order valence-electron chi connectivity index (χ1n) is 10.3. The first-order valence-corrected chi connectivity index (χ1v) is 11.8. The summed E-state index contributed by atoms with van der Waals surface area (Å²) >= 11 is 0. The molecule has 0 aliphatic heterocycles. The van der Waals surface area contributed by atoms with Gasteiger partial charge in [0.1, 0.15) is 11.5 Å². The van der Waals surface area contributed by atoms with Crippen LogP contribution in [-0.4, -0.2) is 36.7 Å². The fraction of sp³-hybridized carbons (Fsp3) is 0.348. The van der Waals surface area contributed by atoms with Gasteiger partial charge in [-0.1, -0.05) is 13.3 Å². The van der Waals surface area contributed by atoms with E-state index in [9.17, 15) is 13.2 Å². The Labute approximate surface area is 182 Å². The number of benzene rings is 2. The Kier molecular flexibility index (Phi) is 7.22. The van der Waals surface area contributed by atoms with Gasteiger partial charge >= 0.3 is 5.97 Å². The average molecular weight is 446 g/mol. The van der Waals surface area contributed by atoms with Gasteiger partial charge in [0.05, 0.1) is 23.6 Å². The molecule has 166 valence electrons. The maximum atomic E-state index is 13.4. The summed E-state index contributed by atoms with van der Waals surface area (Å²) in [5.74, 6) is 0.230.